The van der Waals surface area contributed by atoms with E-state index in [-0.39, 0.29) is 5.91 Å². The van der Waals surface area contributed by atoms with Crippen molar-refractivity contribution in [3.63, 3.8) is 0 Å². The number of carbonyl (C=O) groups excluding carboxylic acids is 1. The summed E-state index contributed by atoms with van der Waals surface area (Å²) in [5.74, 6) is 0.539. The molecule has 3 heterocycles. The van der Waals surface area contributed by atoms with E-state index in [9.17, 15) is 4.79 Å². The summed E-state index contributed by atoms with van der Waals surface area (Å²) in [7, 11) is 0. The number of aromatic nitrogens is 4. The van der Waals surface area contributed by atoms with Gasteiger partial charge in [0, 0.05) is 49.3 Å². The molecule has 4 aromatic rings. The van der Waals surface area contributed by atoms with Crippen LogP contribution in [0.4, 0.5) is 5.69 Å². The lowest BCUT2D eigenvalue weighted by molar-refractivity contribution is 0.0740. The third-order valence-electron chi connectivity index (χ3n) is 5.73. The summed E-state index contributed by atoms with van der Waals surface area (Å²) in [5, 5.41) is 9.27. The second-order valence-electron chi connectivity index (χ2n) is 7.72. The average molecular weight is 447 g/mol. The Morgan fingerprint density at radius 1 is 0.875 bits per heavy atom. The van der Waals surface area contributed by atoms with E-state index in [1.165, 1.54) is 5.69 Å². The Hall–Kier alpha value is -3.58. The topological polar surface area (TPSA) is 59.2 Å². The summed E-state index contributed by atoms with van der Waals surface area (Å²) in [4.78, 5) is 17.6. The van der Waals surface area contributed by atoms with Crippen molar-refractivity contribution in [1.29, 1.82) is 0 Å². The van der Waals surface area contributed by atoms with Crippen molar-refractivity contribution in [3.05, 3.63) is 95.4 Å². The quantitative estimate of drug-likeness (QED) is 0.468. The van der Waals surface area contributed by atoms with E-state index in [0.717, 1.165) is 18.7 Å². The summed E-state index contributed by atoms with van der Waals surface area (Å²) in [6.07, 6.45) is 3.79. The molecule has 0 atom stereocenters. The molecule has 0 unspecified atom stereocenters. The maximum atomic E-state index is 13.4. The molecule has 0 spiro atoms. The molecular formula is C24H23ClN6O. The molecular weight excluding hydrogens is 424 g/mol. The van der Waals surface area contributed by atoms with E-state index < -0.39 is 0 Å². The van der Waals surface area contributed by atoms with Crippen LogP contribution in [0, 0.1) is 0 Å². The van der Waals surface area contributed by atoms with Crippen molar-refractivity contribution in [1.82, 2.24) is 24.5 Å². The van der Waals surface area contributed by atoms with Crippen LogP contribution in [0.2, 0.25) is 5.02 Å². The van der Waals surface area contributed by atoms with Gasteiger partial charge in [-0.1, -0.05) is 53.2 Å². The monoisotopic (exact) mass is 446 g/mol. The minimum absolute atomic E-state index is 0.105. The number of nitrogens with zero attached hydrogens (tertiary/aromatic N) is 6. The Labute approximate surface area is 191 Å². The van der Waals surface area contributed by atoms with Gasteiger partial charge < -0.3 is 14.4 Å². The van der Waals surface area contributed by atoms with Gasteiger partial charge in [-0.25, -0.2) is 4.68 Å². The molecule has 32 heavy (non-hydrogen) atoms. The highest BCUT2D eigenvalue weighted by Crippen LogP contribution is 2.22. The fraction of sp³-hybridized carbons (Fsp3) is 0.208. The van der Waals surface area contributed by atoms with Crippen molar-refractivity contribution in [2.75, 3.05) is 31.1 Å². The number of amides is 1. The van der Waals surface area contributed by atoms with E-state index in [1.807, 2.05) is 76.5 Å². The van der Waals surface area contributed by atoms with E-state index >= 15 is 0 Å². The van der Waals surface area contributed by atoms with Gasteiger partial charge in [0.25, 0.3) is 5.91 Å². The molecule has 0 saturated carbocycles. The van der Waals surface area contributed by atoms with Gasteiger partial charge in [0.05, 0.1) is 6.54 Å². The third-order valence-corrected chi connectivity index (χ3v) is 6.10. The SMILES string of the molecule is O=C(c1nnn(Cc2ccccc2Cl)c1-n1cccc1)N1CCN(c2ccccc2)CC1. The fourth-order valence-corrected chi connectivity index (χ4v) is 4.22. The number of rotatable bonds is 5. The van der Waals surface area contributed by atoms with Crippen molar-refractivity contribution in [2.24, 2.45) is 0 Å². The smallest absolute Gasteiger partial charge is 0.278 e. The van der Waals surface area contributed by atoms with E-state index in [2.05, 4.69) is 27.3 Å². The minimum Gasteiger partial charge on any atom is -0.368 e. The first-order valence-corrected chi connectivity index (χ1v) is 11.0. The molecule has 0 bridgehead atoms. The van der Waals surface area contributed by atoms with Crippen LogP contribution in [0.15, 0.2) is 79.1 Å². The average Bonchev–Trinajstić information content (AvgIpc) is 3.51. The van der Waals surface area contributed by atoms with Gasteiger partial charge in [-0.05, 0) is 35.9 Å². The number of hydrogen-bond acceptors (Lipinski definition) is 4. The summed E-state index contributed by atoms with van der Waals surface area (Å²) >= 11 is 6.36. The number of hydrogen-bond donors (Lipinski definition) is 0. The fourth-order valence-electron chi connectivity index (χ4n) is 4.03. The molecule has 1 saturated heterocycles. The second-order valence-corrected chi connectivity index (χ2v) is 8.12. The molecule has 0 aliphatic carbocycles. The molecule has 7 nitrogen and oxygen atoms in total. The highest BCUT2D eigenvalue weighted by atomic mass is 35.5. The molecule has 1 aliphatic rings. The number of carbonyl (C=O) groups is 1. The molecule has 0 radical (unpaired) electrons. The second kappa shape index (κ2) is 8.88. The molecule has 2 aromatic heterocycles. The van der Waals surface area contributed by atoms with Crippen molar-refractivity contribution < 1.29 is 4.79 Å². The van der Waals surface area contributed by atoms with Crippen LogP contribution in [0.3, 0.4) is 0 Å². The molecule has 1 amide bonds. The first kappa shape index (κ1) is 20.3. The lowest BCUT2D eigenvalue weighted by Crippen LogP contribution is -2.49. The van der Waals surface area contributed by atoms with Crippen molar-refractivity contribution in [3.8, 4) is 5.82 Å². The predicted molar refractivity (Wildman–Crippen MR) is 124 cm³/mol. The third kappa shape index (κ3) is 3.99. The normalized spacial score (nSPS) is 14.0. The lowest BCUT2D eigenvalue weighted by atomic mass is 10.2. The van der Waals surface area contributed by atoms with Crippen LogP contribution >= 0.6 is 11.6 Å². The molecule has 2 aromatic carbocycles. The van der Waals surface area contributed by atoms with Crippen LogP contribution in [-0.2, 0) is 6.54 Å². The highest BCUT2D eigenvalue weighted by Gasteiger charge is 2.28. The number of anilines is 1. The van der Waals surface area contributed by atoms with E-state index in [0.29, 0.717) is 36.2 Å². The molecule has 8 heteroatoms. The van der Waals surface area contributed by atoms with Gasteiger partial charge in [-0.3, -0.25) is 4.79 Å². The number of piperazine rings is 1. The van der Waals surface area contributed by atoms with Gasteiger partial charge in [0.15, 0.2) is 11.5 Å². The summed E-state index contributed by atoms with van der Waals surface area (Å²) < 4.78 is 3.61. The van der Waals surface area contributed by atoms with Crippen LogP contribution < -0.4 is 4.90 Å². The van der Waals surface area contributed by atoms with Crippen molar-refractivity contribution in [2.45, 2.75) is 6.54 Å². The molecule has 1 aliphatic heterocycles. The Morgan fingerprint density at radius 3 is 2.28 bits per heavy atom. The first-order chi connectivity index (χ1) is 15.7. The van der Waals surface area contributed by atoms with Crippen molar-refractivity contribution >= 4 is 23.2 Å². The molecule has 5 rings (SSSR count). The highest BCUT2D eigenvalue weighted by molar-refractivity contribution is 6.31. The summed E-state index contributed by atoms with van der Waals surface area (Å²) in [6, 6.07) is 21.7. The van der Waals surface area contributed by atoms with Gasteiger partial charge in [0.2, 0.25) is 0 Å². The molecule has 1 fully saturated rings. The number of para-hydroxylation sites is 1. The Balaban J connectivity index is 1.39. The lowest BCUT2D eigenvalue weighted by Gasteiger charge is -2.35. The van der Waals surface area contributed by atoms with Crippen LogP contribution in [0.5, 0.6) is 0 Å². The van der Waals surface area contributed by atoms with Crippen LogP contribution in [0.25, 0.3) is 5.82 Å². The van der Waals surface area contributed by atoms with Gasteiger partial charge in [-0.15, -0.1) is 5.10 Å². The first-order valence-electron chi connectivity index (χ1n) is 10.6. The standard InChI is InChI=1S/C24H23ClN6O/c25-21-11-5-4-8-19(21)18-31-23(29-12-6-7-13-29)22(26-27-31)24(32)30-16-14-28(15-17-30)20-9-2-1-3-10-20/h1-13H,14-18H2. The number of benzene rings is 2. The maximum absolute atomic E-state index is 13.4. The van der Waals surface area contributed by atoms with Crippen LogP contribution in [0.1, 0.15) is 16.1 Å². The van der Waals surface area contributed by atoms with E-state index in [4.69, 9.17) is 11.6 Å². The summed E-state index contributed by atoms with van der Waals surface area (Å²) in [5.41, 5.74) is 2.45. The zero-order valence-corrected chi connectivity index (χ0v) is 18.3. The predicted octanol–water partition coefficient (Wildman–Crippen LogP) is 3.73. The molecule has 0 N–H and O–H groups in total. The Bertz CT molecular complexity index is 1200. The van der Waals surface area contributed by atoms with Gasteiger partial charge >= 0.3 is 0 Å². The van der Waals surface area contributed by atoms with E-state index in [1.54, 1.807) is 4.68 Å². The number of halogens is 1. The Kier molecular flexibility index (Phi) is 5.64. The van der Waals surface area contributed by atoms with Crippen LogP contribution in [-0.4, -0.2) is 56.5 Å². The van der Waals surface area contributed by atoms with Gasteiger partial charge in [-0.2, -0.15) is 0 Å². The van der Waals surface area contributed by atoms with Gasteiger partial charge in [0.1, 0.15) is 0 Å². The largest absolute Gasteiger partial charge is 0.368 e. The molecule has 162 valence electrons. The zero-order valence-electron chi connectivity index (χ0n) is 17.5. The minimum atomic E-state index is -0.105. The zero-order chi connectivity index (χ0) is 21.9. The Morgan fingerprint density at radius 2 is 1.56 bits per heavy atom. The summed E-state index contributed by atoms with van der Waals surface area (Å²) in [6.45, 7) is 3.26. The maximum Gasteiger partial charge on any atom is 0.278 e.